The van der Waals surface area contributed by atoms with E-state index < -0.39 is 5.60 Å². The maximum absolute atomic E-state index is 12.0. The molecule has 1 aromatic carbocycles. The first-order valence-corrected chi connectivity index (χ1v) is 7.73. The maximum Gasteiger partial charge on any atom is 0.317 e. The molecule has 1 atom stereocenters. The monoisotopic (exact) mass is 328 g/mol. The van der Waals surface area contributed by atoms with Gasteiger partial charge in [-0.2, -0.15) is 0 Å². The summed E-state index contributed by atoms with van der Waals surface area (Å²) in [6.07, 6.45) is 0.570. The topological polar surface area (TPSA) is 61.8 Å². The van der Waals surface area contributed by atoms with E-state index in [4.69, 9.17) is 16.3 Å². The zero-order chi connectivity index (χ0) is 16.8. The summed E-state index contributed by atoms with van der Waals surface area (Å²) in [5.41, 5.74) is -0.926. The van der Waals surface area contributed by atoms with Crippen molar-refractivity contribution < 1.29 is 14.6 Å². The van der Waals surface area contributed by atoms with Gasteiger partial charge in [-0.15, -0.1) is 0 Å². The van der Waals surface area contributed by atoms with Crippen molar-refractivity contribution in [3.63, 3.8) is 0 Å². The number of carbonyl (C=O) groups is 1. The third-order valence-electron chi connectivity index (χ3n) is 3.04. The molecule has 0 radical (unpaired) electrons. The smallest absolute Gasteiger partial charge is 0.317 e. The largest absolute Gasteiger partial charge is 0.487 e. The number of para-hydroxylation sites is 1. The Hall–Kier alpha value is -1.46. The van der Waals surface area contributed by atoms with E-state index in [2.05, 4.69) is 5.32 Å². The van der Waals surface area contributed by atoms with Crippen molar-refractivity contribution in [1.29, 1.82) is 0 Å². The number of aliphatic hydroxyl groups is 1. The van der Waals surface area contributed by atoms with Gasteiger partial charge in [-0.25, -0.2) is 4.79 Å². The number of nitrogens with zero attached hydrogens (tertiary/aromatic N) is 1. The third kappa shape index (κ3) is 6.54. The number of ether oxygens (including phenoxy) is 1. The van der Waals surface area contributed by atoms with Crippen LogP contribution in [0.3, 0.4) is 0 Å². The molecule has 0 fully saturated rings. The van der Waals surface area contributed by atoms with E-state index in [1.807, 2.05) is 19.1 Å². The first kappa shape index (κ1) is 18.6. The zero-order valence-electron chi connectivity index (χ0n) is 13.6. The van der Waals surface area contributed by atoms with E-state index in [1.54, 1.807) is 33.0 Å². The molecule has 5 nitrogen and oxygen atoms in total. The Balaban J connectivity index is 2.50. The number of benzene rings is 1. The van der Waals surface area contributed by atoms with Gasteiger partial charge in [0.1, 0.15) is 11.9 Å². The molecular weight excluding hydrogens is 304 g/mol. The molecule has 1 aromatic rings. The highest BCUT2D eigenvalue weighted by Crippen LogP contribution is 2.24. The van der Waals surface area contributed by atoms with Crippen LogP contribution in [-0.4, -0.2) is 47.9 Å². The molecule has 0 saturated carbocycles. The fraction of sp³-hybridized carbons (Fsp3) is 0.562. The van der Waals surface area contributed by atoms with Crippen molar-refractivity contribution in [2.24, 2.45) is 0 Å². The van der Waals surface area contributed by atoms with Crippen LogP contribution in [0.15, 0.2) is 24.3 Å². The second-order valence-electron chi connectivity index (χ2n) is 5.93. The Bertz CT molecular complexity index is 489. The van der Waals surface area contributed by atoms with Crippen LogP contribution in [0.25, 0.3) is 0 Å². The van der Waals surface area contributed by atoms with Crippen molar-refractivity contribution in [3.05, 3.63) is 29.3 Å². The number of amides is 2. The van der Waals surface area contributed by atoms with Crippen LogP contribution in [0.2, 0.25) is 5.02 Å². The lowest BCUT2D eigenvalue weighted by atomic mass is 10.1. The quantitative estimate of drug-likeness (QED) is 0.809. The Morgan fingerprint density at radius 3 is 2.64 bits per heavy atom. The van der Waals surface area contributed by atoms with Gasteiger partial charge in [-0.05, 0) is 32.4 Å². The van der Waals surface area contributed by atoms with Gasteiger partial charge in [0, 0.05) is 7.05 Å². The normalized spacial score (nSPS) is 12.6. The number of nitrogens with one attached hydrogen (secondary N) is 1. The van der Waals surface area contributed by atoms with Crippen molar-refractivity contribution in [2.45, 2.75) is 38.9 Å². The molecule has 0 aliphatic carbocycles. The molecule has 2 N–H and O–H groups in total. The van der Waals surface area contributed by atoms with E-state index in [-0.39, 0.29) is 18.7 Å². The second-order valence-corrected chi connectivity index (χ2v) is 6.34. The Kier molecular flexibility index (Phi) is 6.97. The van der Waals surface area contributed by atoms with E-state index in [0.717, 1.165) is 6.42 Å². The van der Waals surface area contributed by atoms with E-state index in [9.17, 15) is 9.90 Å². The molecule has 0 aliphatic heterocycles. The highest BCUT2D eigenvalue weighted by atomic mass is 35.5. The van der Waals surface area contributed by atoms with Gasteiger partial charge in [-0.1, -0.05) is 30.7 Å². The van der Waals surface area contributed by atoms with Crippen molar-refractivity contribution in [1.82, 2.24) is 10.2 Å². The Labute approximate surface area is 137 Å². The summed E-state index contributed by atoms with van der Waals surface area (Å²) >= 11 is 6.06. The summed E-state index contributed by atoms with van der Waals surface area (Å²) in [4.78, 5) is 13.4. The number of hydrogen-bond donors (Lipinski definition) is 2. The summed E-state index contributed by atoms with van der Waals surface area (Å²) in [7, 11) is 1.64. The summed E-state index contributed by atoms with van der Waals surface area (Å²) in [6.45, 7) is 5.92. The summed E-state index contributed by atoms with van der Waals surface area (Å²) in [6, 6.07) is 7.00. The van der Waals surface area contributed by atoms with Crippen LogP contribution >= 0.6 is 11.6 Å². The molecule has 1 unspecified atom stereocenters. The number of hydrogen-bond acceptors (Lipinski definition) is 3. The minimum Gasteiger partial charge on any atom is -0.487 e. The van der Waals surface area contributed by atoms with Crippen molar-refractivity contribution in [3.8, 4) is 5.75 Å². The second kappa shape index (κ2) is 8.25. The van der Waals surface area contributed by atoms with Gasteiger partial charge in [-0.3, -0.25) is 0 Å². The first-order chi connectivity index (χ1) is 10.2. The molecule has 0 spiro atoms. The van der Waals surface area contributed by atoms with Crippen LogP contribution in [0, 0.1) is 0 Å². The predicted octanol–water partition coefficient (Wildman–Crippen LogP) is 2.91. The SMILES string of the molecule is CCC(CNC(=O)N(C)CC(C)(C)O)Oc1ccccc1Cl. The van der Waals surface area contributed by atoms with E-state index in [1.165, 1.54) is 4.90 Å². The molecule has 6 heteroatoms. The molecule has 1 rings (SSSR count). The molecular formula is C16H25ClN2O3. The molecule has 124 valence electrons. The molecule has 0 bridgehead atoms. The minimum atomic E-state index is -0.926. The van der Waals surface area contributed by atoms with Gasteiger partial charge in [0.15, 0.2) is 0 Å². The molecule has 0 saturated heterocycles. The van der Waals surface area contributed by atoms with Crippen LogP contribution in [0.1, 0.15) is 27.2 Å². The van der Waals surface area contributed by atoms with E-state index >= 15 is 0 Å². The minimum absolute atomic E-state index is 0.167. The fourth-order valence-electron chi connectivity index (χ4n) is 1.98. The molecule has 0 aromatic heterocycles. The van der Waals surface area contributed by atoms with E-state index in [0.29, 0.717) is 17.3 Å². The van der Waals surface area contributed by atoms with Crippen molar-refractivity contribution >= 4 is 17.6 Å². The standard InChI is InChI=1S/C16H25ClN2O3/c1-5-12(22-14-9-7-6-8-13(14)17)10-18-15(20)19(4)11-16(2,3)21/h6-9,12,21H,5,10-11H2,1-4H3,(H,18,20). The molecule has 0 heterocycles. The predicted molar refractivity (Wildman–Crippen MR) is 88.5 cm³/mol. The summed E-state index contributed by atoms with van der Waals surface area (Å²) in [5, 5.41) is 13.1. The highest BCUT2D eigenvalue weighted by molar-refractivity contribution is 6.32. The lowest BCUT2D eigenvalue weighted by Crippen LogP contribution is -2.46. The van der Waals surface area contributed by atoms with Gasteiger partial charge in [0.05, 0.1) is 23.7 Å². The summed E-state index contributed by atoms with van der Waals surface area (Å²) < 4.78 is 5.81. The Morgan fingerprint density at radius 1 is 1.45 bits per heavy atom. The molecule has 0 aliphatic rings. The van der Waals surface area contributed by atoms with Gasteiger partial charge in [0.2, 0.25) is 0 Å². The maximum atomic E-state index is 12.0. The molecule has 2 amide bonds. The number of likely N-dealkylation sites (N-methyl/N-ethyl adjacent to an activating group) is 1. The summed E-state index contributed by atoms with van der Waals surface area (Å²) in [5.74, 6) is 0.607. The lowest BCUT2D eigenvalue weighted by molar-refractivity contribution is 0.0527. The number of urea groups is 1. The van der Waals surface area contributed by atoms with Gasteiger partial charge in [0.25, 0.3) is 0 Å². The fourth-order valence-corrected chi connectivity index (χ4v) is 2.16. The number of halogens is 1. The van der Waals surface area contributed by atoms with Gasteiger partial charge >= 0.3 is 6.03 Å². The number of rotatable bonds is 7. The van der Waals surface area contributed by atoms with Crippen LogP contribution in [0.4, 0.5) is 4.79 Å². The Morgan fingerprint density at radius 2 is 2.09 bits per heavy atom. The first-order valence-electron chi connectivity index (χ1n) is 7.35. The lowest BCUT2D eigenvalue weighted by Gasteiger charge is -2.26. The average Bonchev–Trinajstić information content (AvgIpc) is 2.43. The third-order valence-corrected chi connectivity index (χ3v) is 3.35. The number of carbonyl (C=O) groups excluding carboxylic acids is 1. The average molecular weight is 329 g/mol. The zero-order valence-corrected chi connectivity index (χ0v) is 14.4. The van der Waals surface area contributed by atoms with Crippen LogP contribution < -0.4 is 10.1 Å². The van der Waals surface area contributed by atoms with Gasteiger partial charge < -0.3 is 20.1 Å². The highest BCUT2D eigenvalue weighted by Gasteiger charge is 2.20. The molecule has 22 heavy (non-hydrogen) atoms. The van der Waals surface area contributed by atoms with Crippen LogP contribution in [-0.2, 0) is 0 Å². The van der Waals surface area contributed by atoms with Crippen LogP contribution in [0.5, 0.6) is 5.75 Å². The van der Waals surface area contributed by atoms with Crippen molar-refractivity contribution in [2.75, 3.05) is 20.1 Å².